The van der Waals surface area contributed by atoms with E-state index in [1.54, 1.807) is 18.4 Å². The Balaban J connectivity index is 2.38. The van der Waals surface area contributed by atoms with E-state index in [1.165, 1.54) is 12.1 Å². The zero-order chi connectivity index (χ0) is 12.0. The van der Waals surface area contributed by atoms with Gasteiger partial charge in [-0.05, 0) is 5.56 Å². The second-order valence-corrected chi connectivity index (χ2v) is 4.93. The number of hydrogen-bond acceptors (Lipinski definition) is 4. The molecule has 0 radical (unpaired) electrons. The highest BCUT2D eigenvalue weighted by atomic mass is 32.2. The van der Waals surface area contributed by atoms with Crippen molar-refractivity contribution >= 4 is 16.5 Å². The van der Waals surface area contributed by atoms with Gasteiger partial charge >= 0.3 is 0 Å². The lowest BCUT2D eigenvalue weighted by Gasteiger charge is -2.03. The predicted octanol–water partition coefficient (Wildman–Crippen LogP) is 1.06. The zero-order valence-electron chi connectivity index (χ0n) is 9.01. The van der Waals surface area contributed by atoms with Crippen molar-refractivity contribution in [2.45, 2.75) is 6.54 Å². The minimum Gasteiger partial charge on any atom is -0.312 e. The van der Waals surface area contributed by atoms with Crippen LogP contribution in [-0.4, -0.2) is 27.7 Å². The Morgan fingerprint density at radius 1 is 1.38 bits per heavy atom. The molecule has 1 atom stereocenters. The molecule has 1 rings (SSSR count). The fraction of sp³-hybridized carbons (Fsp3) is 0.400. The Bertz CT molecular complexity index is 378. The molecule has 1 unspecified atom stereocenters. The maximum absolute atomic E-state index is 10.8. The lowest BCUT2D eigenvalue weighted by molar-refractivity contribution is -0.384. The zero-order valence-corrected chi connectivity index (χ0v) is 9.83. The number of nitrogens with zero attached hydrogens (tertiary/aromatic N) is 1. The van der Waals surface area contributed by atoms with Gasteiger partial charge in [0.1, 0.15) is 0 Å². The lowest BCUT2D eigenvalue weighted by Crippen LogP contribution is -2.19. The second-order valence-electron chi connectivity index (χ2n) is 3.38. The third-order valence-electron chi connectivity index (χ3n) is 2.04. The van der Waals surface area contributed by atoms with Gasteiger partial charge in [-0.15, -0.1) is 0 Å². The molecule has 16 heavy (non-hydrogen) atoms. The van der Waals surface area contributed by atoms with Crippen LogP contribution in [-0.2, 0) is 17.3 Å². The van der Waals surface area contributed by atoms with Crippen LogP contribution in [0.4, 0.5) is 5.69 Å². The molecule has 1 N–H and O–H groups in total. The Labute approximate surface area is 96.5 Å². The van der Waals surface area contributed by atoms with Crippen molar-refractivity contribution in [2.75, 3.05) is 18.6 Å². The summed E-state index contributed by atoms with van der Waals surface area (Å²) in [6, 6.07) is 6.39. The van der Waals surface area contributed by atoms with Gasteiger partial charge in [0.15, 0.2) is 0 Å². The first kappa shape index (κ1) is 12.8. The molecule has 5 nitrogen and oxygen atoms in total. The van der Waals surface area contributed by atoms with Crippen molar-refractivity contribution in [2.24, 2.45) is 0 Å². The molecule has 0 saturated carbocycles. The largest absolute Gasteiger partial charge is 0.312 e. The van der Waals surface area contributed by atoms with Crippen LogP contribution in [0.1, 0.15) is 5.56 Å². The molecule has 0 aliphatic rings. The second kappa shape index (κ2) is 6.34. The van der Waals surface area contributed by atoms with Gasteiger partial charge < -0.3 is 5.32 Å². The summed E-state index contributed by atoms with van der Waals surface area (Å²) >= 11 is 0. The molecule has 0 heterocycles. The van der Waals surface area contributed by atoms with Crippen molar-refractivity contribution in [1.82, 2.24) is 5.32 Å². The monoisotopic (exact) mass is 242 g/mol. The Morgan fingerprint density at radius 3 is 2.50 bits per heavy atom. The predicted molar refractivity (Wildman–Crippen MR) is 63.7 cm³/mol. The number of nitrogens with one attached hydrogen (secondary N) is 1. The van der Waals surface area contributed by atoms with E-state index in [0.29, 0.717) is 18.8 Å². The summed E-state index contributed by atoms with van der Waals surface area (Å²) in [5, 5.41) is 13.5. The van der Waals surface area contributed by atoms with Gasteiger partial charge in [-0.2, -0.15) is 0 Å². The summed E-state index contributed by atoms with van der Waals surface area (Å²) in [7, 11) is -0.785. The Kier molecular flexibility index (Phi) is 5.07. The van der Waals surface area contributed by atoms with Gasteiger partial charge in [0.2, 0.25) is 0 Å². The smallest absolute Gasteiger partial charge is 0.269 e. The first-order chi connectivity index (χ1) is 7.59. The molecular formula is C10H14N2O3S. The summed E-state index contributed by atoms with van der Waals surface area (Å²) in [6.07, 6.45) is 1.66. The molecule has 0 aromatic heterocycles. The number of nitro groups is 1. The molecule has 6 heteroatoms. The number of non-ortho nitro benzene ring substituents is 1. The van der Waals surface area contributed by atoms with E-state index in [2.05, 4.69) is 5.32 Å². The van der Waals surface area contributed by atoms with Crippen molar-refractivity contribution in [3.63, 3.8) is 0 Å². The number of hydrogen-bond donors (Lipinski definition) is 1. The van der Waals surface area contributed by atoms with Crippen LogP contribution in [0, 0.1) is 10.1 Å². The highest BCUT2D eigenvalue weighted by Crippen LogP contribution is 2.11. The lowest BCUT2D eigenvalue weighted by atomic mass is 10.2. The van der Waals surface area contributed by atoms with Crippen LogP contribution in [0.15, 0.2) is 24.3 Å². The fourth-order valence-electron chi connectivity index (χ4n) is 1.18. The van der Waals surface area contributed by atoms with Crippen LogP contribution in [0.2, 0.25) is 0 Å². The van der Waals surface area contributed by atoms with E-state index < -0.39 is 15.7 Å². The molecule has 0 bridgehead atoms. The van der Waals surface area contributed by atoms with Gasteiger partial charge in [0, 0.05) is 48.0 Å². The molecule has 1 aromatic rings. The summed E-state index contributed by atoms with van der Waals surface area (Å²) in [4.78, 5) is 9.98. The normalized spacial score (nSPS) is 12.3. The molecule has 0 saturated heterocycles. The molecule has 0 fully saturated rings. The van der Waals surface area contributed by atoms with Gasteiger partial charge in [-0.3, -0.25) is 14.3 Å². The van der Waals surface area contributed by atoms with E-state index >= 15 is 0 Å². The van der Waals surface area contributed by atoms with Gasteiger partial charge in [-0.25, -0.2) is 0 Å². The van der Waals surface area contributed by atoms with Crippen LogP contribution in [0.25, 0.3) is 0 Å². The molecule has 1 aromatic carbocycles. The fourth-order valence-corrected chi connectivity index (χ4v) is 1.62. The summed E-state index contributed by atoms with van der Waals surface area (Å²) in [5.74, 6) is 0.618. The van der Waals surface area contributed by atoms with E-state index in [1.807, 2.05) is 0 Å². The average molecular weight is 242 g/mol. The molecular weight excluding hydrogens is 228 g/mol. The van der Waals surface area contributed by atoms with Gasteiger partial charge in [0.25, 0.3) is 5.69 Å². The van der Waals surface area contributed by atoms with Crippen molar-refractivity contribution < 1.29 is 9.13 Å². The molecule has 88 valence electrons. The van der Waals surface area contributed by atoms with Gasteiger partial charge in [0.05, 0.1) is 4.92 Å². The van der Waals surface area contributed by atoms with E-state index in [-0.39, 0.29) is 5.69 Å². The Hall–Kier alpha value is -1.27. The first-order valence-corrected chi connectivity index (χ1v) is 6.56. The highest BCUT2D eigenvalue weighted by molar-refractivity contribution is 7.84. The highest BCUT2D eigenvalue weighted by Gasteiger charge is 2.03. The number of nitro benzene ring substituents is 1. The summed E-state index contributed by atoms with van der Waals surface area (Å²) in [5.41, 5.74) is 1.07. The van der Waals surface area contributed by atoms with Gasteiger partial charge in [-0.1, -0.05) is 12.1 Å². The Morgan fingerprint density at radius 2 is 2.00 bits per heavy atom. The summed E-state index contributed by atoms with van der Waals surface area (Å²) < 4.78 is 10.8. The van der Waals surface area contributed by atoms with Crippen LogP contribution < -0.4 is 5.32 Å². The third-order valence-corrected chi connectivity index (χ3v) is 2.82. The van der Waals surface area contributed by atoms with Crippen LogP contribution in [0.5, 0.6) is 0 Å². The van der Waals surface area contributed by atoms with Crippen molar-refractivity contribution in [3.8, 4) is 0 Å². The maximum Gasteiger partial charge on any atom is 0.269 e. The molecule has 0 aliphatic carbocycles. The minimum absolute atomic E-state index is 0.0958. The molecule has 0 spiro atoms. The maximum atomic E-state index is 10.8. The van der Waals surface area contributed by atoms with Crippen LogP contribution >= 0.6 is 0 Å². The number of benzene rings is 1. The van der Waals surface area contributed by atoms with Crippen molar-refractivity contribution in [3.05, 3.63) is 39.9 Å². The standard InChI is InChI=1S/C10H14N2O3S/c1-16(15)7-6-11-8-9-2-4-10(5-3-9)12(13)14/h2-5,11H,6-8H2,1H3. The van der Waals surface area contributed by atoms with E-state index in [4.69, 9.17) is 0 Å². The molecule has 0 aliphatic heterocycles. The quantitative estimate of drug-likeness (QED) is 0.460. The van der Waals surface area contributed by atoms with Crippen molar-refractivity contribution in [1.29, 1.82) is 0 Å². The molecule has 0 amide bonds. The van der Waals surface area contributed by atoms with E-state index in [9.17, 15) is 14.3 Å². The van der Waals surface area contributed by atoms with E-state index in [0.717, 1.165) is 5.56 Å². The number of rotatable bonds is 6. The third kappa shape index (κ3) is 4.50. The topological polar surface area (TPSA) is 72.2 Å². The minimum atomic E-state index is -0.785. The first-order valence-electron chi connectivity index (χ1n) is 4.83. The average Bonchev–Trinajstić information content (AvgIpc) is 2.25. The van der Waals surface area contributed by atoms with Crippen LogP contribution in [0.3, 0.4) is 0 Å². The SMILES string of the molecule is CS(=O)CCNCc1ccc([N+](=O)[O-])cc1. The summed E-state index contributed by atoms with van der Waals surface area (Å²) in [6.45, 7) is 1.31.